The van der Waals surface area contributed by atoms with E-state index in [4.69, 9.17) is 17.3 Å². The Balaban J connectivity index is 2.29. The quantitative estimate of drug-likeness (QED) is 0.529. The number of aliphatic imine (C=N–C) groups is 1. The van der Waals surface area contributed by atoms with Crippen molar-refractivity contribution in [2.45, 2.75) is 19.8 Å². The summed E-state index contributed by atoms with van der Waals surface area (Å²) in [6.07, 6.45) is 2.43. The minimum absolute atomic E-state index is 0.188. The van der Waals surface area contributed by atoms with Gasteiger partial charge < -0.3 is 10.6 Å². The monoisotopic (exact) mass is 290 g/mol. The lowest BCUT2D eigenvalue weighted by molar-refractivity contribution is 0.446. The van der Waals surface area contributed by atoms with Crippen LogP contribution in [0.15, 0.2) is 23.2 Å². The molecule has 0 radical (unpaired) electrons. The van der Waals surface area contributed by atoms with E-state index in [-0.39, 0.29) is 5.88 Å². The molecule has 2 N–H and O–H groups in total. The molecule has 106 valence electrons. The van der Waals surface area contributed by atoms with Crippen LogP contribution in [0.2, 0.25) is 0 Å². The molecule has 0 aromatic heterocycles. The van der Waals surface area contributed by atoms with Crippen molar-refractivity contribution in [3.8, 4) is 6.07 Å². The molecule has 0 bridgehead atoms. The van der Waals surface area contributed by atoms with Gasteiger partial charge in [-0.25, -0.2) is 4.99 Å². The van der Waals surface area contributed by atoms with Crippen LogP contribution in [0.4, 0.5) is 11.4 Å². The maximum absolute atomic E-state index is 9.35. The van der Waals surface area contributed by atoms with E-state index in [1.165, 1.54) is 12.8 Å². The number of amidine groups is 1. The van der Waals surface area contributed by atoms with Crippen LogP contribution in [0, 0.1) is 17.2 Å². The van der Waals surface area contributed by atoms with Crippen LogP contribution >= 0.6 is 11.6 Å². The highest BCUT2D eigenvalue weighted by molar-refractivity contribution is 6.28. The molecule has 0 amide bonds. The van der Waals surface area contributed by atoms with E-state index in [2.05, 4.69) is 22.9 Å². The van der Waals surface area contributed by atoms with Gasteiger partial charge in [0.2, 0.25) is 0 Å². The second-order valence-corrected chi connectivity index (χ2v) is 5.51. The van der Waals surface area contributed by atoms with Gasteiger partial charge in [-0.15, -0.1) is 11.6 Å². The normalized spacial score (nSPS) is 19.8. The van der Waals surface area contributed by atoms with Gasteiger partial charge >= 0.3 is 0 Å². The van der Waals surface area contributed by atoms with E-state index in [9.17, 15) is 5.26 Å². The molecule has 1 heterocycles. The van der Waals surface area contributed by atoms with Gasteiger partial charge in [0.15, 0.2) is 0 Å². The Morgan fingerprint density at radius 3 is 3.05 bits per heavy atom. The van der Waals surface area contributed by atoms with Gasteiger partial charge in [-0.05, 0) is 37.0 Å². The van der Waals surface area contributed by atoms with Crippen molar-refractivity contribution in [3.05, 3.63) is 23.8 Å². The first-order valence-corrected chi connectivity index (χ1v) is 7.35. The molecule has 5 heteroatoms. The number of rotatable bonds is 3. The van der Waals surface area contributed by atoms with Crippen LogP contribution in [-0.2, 0) is 0 Å². The number of hydrogen-bond acceptors (Lipinski definition) is 3. The zero-order valence-corrected chi connectivity index (χ0v) is 12.4. The van der Waals surface area contributed by atoms with Gasteiger partial charge in [0.25, 0.3) is 0 Å². The molecule has 1 aliphatic rings. The first-order chi connectivity index (χ1) is 9.63. The molecular formula is C15H19ClN4. The van der Waals surface area contributed by atoms with E-state index in [0.717, 1.165) is 18.8 Å². The maximum Gasteiger partial charge on any atom is 0.115 e. The Hall–Kier alpha value is -1.73. The minimum atomic E-state index is 0.188. The SMILES string of the molecule is CC1CCCN(c2ccc(N=C(N)CCl)cc2C#N)C1. The Labute approximate surface area is 124 Å². The summed E-state index contributed by atoms with van der Waals surface area (Å²) >= 11 is 5.62. The highest BCUT2D eigenvalue weighted by Gasteiger charge is 2.19. The molecule has 0 aliphatic carbocycles. The van der Waals surface area contributed by atoms with Gasteiger partial charge in [0.05, 0.1) is 22.8 Å². The highest BCUT2D eigenvalue weighted by Crippen LogP contribution is 2.29. The predicted octanol–water partition coefficient (Wildman–Crippen LogP) is 3.02. The molecule has 4 nitrogen and oxygen atoms in total. The molecule has 1 atom stereocenters. The Kier molecular flexibility index (Phi) is 4.86. The van der Waals surface area contributed by atoms with E-state index in [1.54, 1.807) is 6.07 Å². The average Bonchev–Trinajstić information content (AvgIpc) is 2.47. The van der Waals surface area contributed by atoms with Gasteiger partial charge in [-0.3, -0.25) is 0 Å². The van der Waals surface area contributed by atoms with Crippen LogP contribution in [0.1, 0.15) is 25.3 Å². The van der Waals surface area contributed by atoms with E-state index < -0.39 is 0 Å². The van der Waals surface area contributed by atoms with Crippen LogP contribution in [0.3, 0.4) is 0 Å². The predicted molar refractivity (Wildman–Crippen MR) is 83.8 cm³/mol. The maximum atomic E-state index is 9.35. The third-order valence-electron chi connectivity index (χ3n) is 3.51. The average molecular weight is 291 g/mol. The largest absolute Gasteiger partial charge is 0.386 e. The summed E-state index contributed by atoms with van der Waals surface area (Å²) < 4.78 is 0. The minimum Gasteiger partial charge on any atom is -0.386 e. The molecule has 0 saturated carbocycles. The fourth-order valence-corrected chi connectivity index (χ4v) is 2.62. The summed E-state index contributed by atoms with van der Waals surface area (Å²) in [7, 11) is 0. The zero-order chi connectivity index (χ0) is 14.5. The molecule has 1 saturated heterocycles. The summed E-state index contributed by atoms with van der Waals surface area (Å²) in [6.45, 7) is 4.25. The molecule has 20 heavy (non-hydrogen) atoms. The zero-order valence-electron chi connectivity index (χ0n) is 11.6. The number of alkyl halides is 1. The van der Waals surface area contributed by atoms with Crippen molar-refractivity contribution in [1.29, 1.82) is 5.26 Å². The van der Waals surface area contributed by atoms with Gasteiger partial charge in [0, 0.05) is 13.1 Å². The van der Waals surface area contributed by atoms with Crippen molar-refractivity contribution in [1.82, 2.24) is 0 Å². The lowest BCUT2D eigenvalue weighted by Gasteiger charge is -2.33. The second kappa shape index (κ2) is 6.62. The van der Waals surface area contributed by atoms with Crippen LogP contribution < -0.4 is 10.6 Å². The van der Waals surface area contributed by atoms with Gasteiger partial charge in [0.1, 0.15) is 11.9 Å². The number of nitriles is 1. The standard InChI is InChI=1S/C15H19ClN4/c1-11-3-2-6-20(10-11)14-5-4-13(7-12(14)9-17)19-15(18)8-16/h4-5,7,11H,2-3,6,8,10H2,1H3,(H2,18,19). The topological polar surface area (TPSA) is 65.4 Å². The van der Waals surface area contributed by atoms with Crippen molar-refractivity contribution in [2.24, 2.45) is 16.6 Å². The van der Waals surface area contributed by atoms with Crippen LogP contribution in [0.5, 0.6) is 0 Å². The number of hydrogen-bond donors (Lipinski definition) is 1. The third-order valence-corrected chi connectivity index (χ3v) is 3.78. The van der Waals surface area contributed by atoms with Crippen molar-refractivity contribution in [3.63, 3.8) is 0 Å². The van der Waals surface area contributed by atoms with Crippen molar-refractivity contribution in [2.75, 3.05) is 23.9 Å². The molecule has 1 aliphatic heterocycles. The lowest BCUT2D eigenvalue weighted by atomic mass is 9.99. The molecular weight excluding hydrogens is 272 g/mol. The fourth-order valence-electron chi connectivity index (χ4n) is 2.56. The van der Waals surface area contributed by atoms with Crippen LogP contribution in [-0.4, -0.2) is 24.8 Å². The molecule has 1 aromatic rings. The summed E-state index contributed by atoms with van der Waals surface area (Å²) in [4.78, 5) is 6.46. The summed E-state index contributed by atoms with van der Waals surface area (Å²) in [6, 6.07) is 7.87. The van der Waals surface area contributed by atoms with E-state index in [1.807, 2.05) is 12.1 Å². The number of benzene rings is 1. The fraction of sp³-hybridized carbons (Fsp3) is 0.467. The van der Waals surface area contributed by atoms with E-state index >= 15 is 0 Å². The summed E-state index contributed by atoms with van der Waals surface area (Å²) in [5.74, 6) is 1.21. The van der Waals surface area contributed by atoms with Gasteiger partial charge in [-0.2, -0.15) is 5.26 Å². The first kappa shape index (κ1) is 14.7. The number of nitrogens with two attached hydrogens (primary N) is 1. The third kappa shape index (κ3) is 3.43. The van der Waals surface area contributed by atoms with Crippen LogP contribution in [0.25, 0.3) is 0 Å². The van der Waals surface area contributed by atoms with E-state index in [0.29, 0.717) is 23.0 Å². The molecule has 1 aromatic carbocycles. The smallest absolute Gasteiger partial charge is 0.115 e. The van der Waals surface area contributed by atoms with Crippen molar-refractivity contribution < 1.29 is 0 Å². The Bertz CT molecular complexity index is 547. The molecule has 1 fully saturated rings. The summed E-state index contributed by atoms with van der Waals surface area (Å²) in [5.41, 5.74) is 7.92. The Morgan fingerprint density at radius 2 is 2.40 bits per heavy atom. The highest BCUT2D eigenvalue weighted by atomic mass is 35.5. The number of piperidine rings is 1. The Morgan fingerprint density at radius 1 is 1.60 bits per heavy atom. The number of nitrogens with zero attached hydrogens (tertiary/aromatic N) is 3. The summed E-state index contributed by atoms with van der Waals surface area (Å²) in [5, 5.41) is 9.35. The lowest BCUT2D eigenvalue weighted by Crippen LogP contribution is -2.34. The number of halogens is 1. The molecule has 1 unspecified atom stereocenters. The van der Waals surface area contributed by atoms with Gasteiger partial charge in [-0.1, -0.05) is 6.92 Å². The van der Waals surface area contributed by atoms with Crippen molar-refractivity contribution >= 4 is 28.8 Å². The second-order valence-electron chi connectivity index (χ2n) is 5.24. The molecule has 0 spiro atoms. The molecule has 2 rings (SSSR count). The first-order valence-electron chi connectivity index (χ1n) is 6.82. The number of anilines is 1.